The Morgan fingerprint density at radius 3 is 2.95 bits per heavy atom. The predicted molar refractivity (Wildman–Crippen MR) is 69.2 cm³/mol. The zero-order chi connectivity index (χ0) is 14.5. The number of carboxylic acid groups (broad SMARTS) is 1. The van der Waals surface area contributed by atoms with Crippen LogP contribution in [0.5, 0.6) is 5.75 Å². The standard InChI is InChI=1S/C14H17F2NO3/c15-4-6-17-5-3-12(9-17)20-11-2-1-10(7-14(18)19)13(16)8-11/h1-2,8,12H,3-7,9H2,(H,18,19)/t12-/m0/s1. The highest BCUT2D eigenvalue weighted by atomic mass is 19.1. The highest BCUT2D eigenvalue weighted by molar-refractivity contribution is 5.70. The first-order valence-corrected chi connectivity index (χ1v) is 6.53. The molecule has 1 aliphatic heterocycles. The highest BCUT2D eigenvalue weighted by Gasteiger charge is 2.23. The predicted octanol–water partition coefficient (Wildman–Crippen LogP) is 1.88. The van der Waals surface area contributed by atoms with Gasteiger partial charge in [-0.15, -0.1) is 0 Å². The average Bonchev–Trinajstić information content (AvgIpc) is 2.80. The Labute approximate surface area is 116 Å². The van der Waals surface area contributed by atoms with Crippen LogP contribution >= 0.6 is 0 Å². The number of halogens is 2. The minimum atomic E-state index is -1.07. The second-order valence-corrected chi connectivity index (χ2v) is 4.84. The van der Waals surface area contributed by atoms with Crippen molar-refractivity contribution in [3.05, 3.63) is 29.6 Å². The van der Waals surface area contributed by atoms with E-state index in [1.165, 1.54) is 12.1 Å². The summed E-state index contributed by atoms with van der Waals surface area (Å²) in [6.45, 7) is 1.41. The Morgan fingerprint density at radius 2 is 2.30 bits per heavy atom. The lowest BCUT2D eigenvalue weighted by molar-refractivity contribution is -0.136. The second-order valence-electron chi connectivity index (χ2n) is 4.84. The van der Waals surface area contributed by atoms with Crippen LogP contribution in [-0.2, 0) is 11.2 Å². The minimum absolute atomic E-state index is 0.0775. The summed E-state index contributed by atoms with van der Waals surface area (Å²) in [5.74, 6) is -1.28. The summed E-state index contributed by atoms with van der Waals surface area (Å²) < 4.78 is 31.5. The number of hydrogen-bond acceptors (Lipinski definition) is 3. The van der Waals surface area contributed by atoms with E-state index in [4.69, 9.17) is 9.84 Å². The minimum Gasteiger partial charge on any atom is -0.489 e. The van der Waals surface area contributed by atoms with Gasteiger partial charge in [-0.2, -0.15) is 0 Å². The van der Waals surface area contributed by atoms with Gasteiger partial charge >= 0.3 is 5.97 Å². The third-order valence-electron chi connectivity index (χ3n) is 3.30. The summed E-state index contributed by atoms with van der Waals surface area (Å²) >= 11 is 0. The number of ether oxygens (including phenoxy) is 1. The van der Waals surface area contributed by atoms with E-state index in [0.717, 1.165) is 13.0 Å². The van der Waals surface area contributed by atoms with Crippen molar-refractivity contribution < 1.29 is 23.4 Å². The van der Waals surface area contributed by atoms with Crippen LogP contribution in [0.3, 0.4) is 0 Å². The molecule has 0 spiro atoms. The van der Waals surface area contributed by atoms with E-state index in [2.05, 4.69) is 0 Å². The molecule has 110 valence electrons. The molecule has 0 aliphatic carbocycles. The monoisotopic (exact) mass is 285 g/mol. The van der Waals surface area contributed by atoms with Gasteiger partial charge in [-0.25, -0.2) is 8.78 Å². The van der Waals surface area contributed by atoms with E-state index < -0.39 is 11.8 Å². The molecular formula is C14H17F2NO3. The fourth-order valence-corrected chi connectivity index (χ4v) is 2.32. The van der Waals surface area contributed by atoms with Crippen LogP contribution in [0.1, 0.15) is 12.0 Å². The van der Waals surface area contributed by atoms with Gasteiger partial charge in [0.25, 0.3) is 0 Å². The lowest BCUT2D eigenvalue weighted by atomic mass is 10.1. The molecule has 0 amide bonds. The zero-order valence-corrected chi connectivity index (χ0v) is 11.0. The molecule has 1 N–H and O–H groups in total. The van der Waals surface area contributed by atoms with Crippen LogP contribution in [0.25, 0.3) is 0 Å². The van der Waals surface area contributed by atoms with Crippen molar-refractivity contribution in [1.82, 2.24) is 4.90 Å². The Morgan fingerprint density at radius 1 is 1.50 bits per heavy atom. The van der Waals surface area contributed by atoms with Crippen LogP contribution in [0.4, 0.5) is 8.78 Å². The summed E-state index contributed by atoms with van der Waals surface area (Å²) in [6.07, 6.45) is 0.351. The molecule has 1 fully saturated rings. The molecule has 20 heavy (non-hydrogen) atoms. The Kier molecular flexibility index (Phi) is 4.89. The Balaban J connectivity index is 1.94. The number of hydrogen-bond donors (Lipinski definition) is 1. The van der Waals surface area contributed by atoms with Gasteiger partial charge in [0.2, 0.25) is 0 Å². The van der Waals surface area contributed by atoms with Crippen molar-refractivity contribution in [3.8, 4) is 5.75 Å². The molecule has 0 bridgehead atoms. The molecule has 0 aromatic heterocycles. The molecule has 1 aliphatic rings. The fourth-order valence-electron chi connectivity index (χ4n) is 2.32. The van der Waals surface area contributed by atoms with Crippen molar-refractivity contribution in [2.75, 3.05) is 26.3 Å². The van der Waals surface area contributed by atoms with Crippen molar-refractivity contribution in [2.24, 2.45) is 0 Å². The maximum absolute atomic E-state index is 13.7. The molecule has 6 heteroatoms. The average molecular weight is 285 g/mol. The van der Waals surface area contributed by atoms with Crippen LogP contribution in [-0.4, -0.2) is 48.4 Å². The van der Waals surface area contributed by atoms with E-state index in [9.17, 15) is 13.6 Å². The smallest absolute Gasteiger partial charge is 0.307 e. The third-order valence-corrected chi connectivity index (χ3v) is 3.30. The Bertz CT molecular complexity index is 481. The van der Waals surface area contributed by atoms with Crippen molar-refractivity contribution in [1.29, 1.82) is 0 Å². The SMILES string of the molecule is O=C(O)Cc1ccc(O[C@H]2CCN(CCF)C2)cc1F. The molecule has 2 rings (SSSR count). The molecule has 1 atom stereocenters. The summed E-state index contributed by atoms with van der Waals surface area (Å²) in [4.78, 5) is 12.5. The first-order chi connectivity index (χ1) is 9.58. The molecule has 4 nitrogen and oxygen atoms in total. The topological polar surface area (TPSA) is 49.8 Å². The van der Waals surface area contributed by atoms with E-state index >= 15 is 0 Å². The maximum atomic E-state index is 13.7. The maximum Gasteiger partial charge on any atom is 0.307 e. The first kappa shape index (κ1) is 14.7. The second kappa shape index (κ2) is 6.65. The van der Waals surface area contributed by atoms with Crippen molar-refractivity contribution in [3.63, 3.8) is 0 Å². The molecule has 1 heterocycles. The lowest BCUT2D eigenvalue weighted by Crippen LogP contribution is -2.26. The van der Waals surface area contributed by atoms with Gasteiger partial charge in [0.15, 0.2) is 0 Å². The Hall–Kier alpha value is -1.69. The lowest BCUT2D eigenvalue weighted by Gasteiger charge is -2.16. The first-order valence-electron chi connectivity index (χ1n) is 6.53. The van der Waals surface area contributed by atoms with Gasteiger partial charge < -0.3 is 9.84 Å². The third kappa shape index (κ3) is 3.90. The molecule has 0 unspecified atom stereocenters. The summed E-state index contributed by atoms with van der Waals surface area (Å²) in [6, 6.07) is 4.20. The van der Waals surface area contributed by atoms with Gasteiger partial charge in [0.05, 0.1) is 6.42 Å². The number of alkyl halides is 1. The number of benzene rings is 1. The molecule has 1 aromatic rings. The van der Waals surface area contributed by atoms with E-state index in [0.29, 0.717) is 18.8 Å². The molecular weight excluding hydrogens is 268 g/mol. The van der Waals surface area contributed by atoms with Gasteiger partial charge in [-0.05, 0) is 18.1 Å². The number of carbonyl (C=O) groups is 1. The number of aliphatic carboxylic acids is 1. The summed E-state index contributed by atoms with van der Waals surface area (Å²) in [5, 5.41) is 8.64. The van der Waals surface area contributed by atoms with Crippen molar-refractivity contribution in [2.45, 2.75) is 18.9 Å². The molecule has 0 radical (unpaired) electrons. The van der Waals surface area contributed by atoms with E-state index in [1.54, 1.807) is 6.07 Å². The number of rotatable bonds is 6. The number of carboxylic acids is 1. The van der Waals surface area contributed by atoms with Gasteiger partial charge in [0.1, 0.15) is 24.3 Å². The zero-order valence-electron chi connectivity index (χ0n) is 11.0. The number of nitrogens with zero attached hydrogens (tertiary/aromatic N) is 1. The highest BCUT2D eigenvalue weighted by Crippen LogP contribution is 2.21. The normalized spacial score (nSPS) is 19.2. The molecule has 1 aromatic carbocycles. The van der Waals surface area contributed by atoms with Crippen molar-refractivity contribution >= 4 is 5.97 Å². The van der Waals surface area contributed by atoms with Crippen LogP contribution in [0, 0.1) is 5.82 Å². The van der Waals surface area contributed by atoms with E-state index in [1.807, 2.05) is 4.90 Å². The summed E-state index contributed by atoms with van der Waals surface area (Å²) in [5.41, 5.74) is 0.135. The van der Waals surface area contributed by atoms with Crippen LogP contribution in [0.2, 0.25) is 0 Å². The fraction of sp³-hybridized carbons (Fsp3) is 0.500. The molecule has 0 saturated carbocycles. The largest absolute Gasteiger partial charge is 0.489 e. The van der Waals surface area contributed by atoms with Crippen LogP contribution < -0.4 is 4.74 Å². The number of likely N-dealkylation sites (tertiary alicyclic amines) is 1. The van der Waals surface area contributed by atoms with Gasteiger partial charge in [0, 0.05) is 25.7 Å². The summed E-state index contributed by atoms with van der Waals surface area (Å²) in [7, 11) is 0. The van der Waals surface area contributed by atoms with Crippen LogP contribution in [0.15, 0.2) is 18.2 Å². The molecule has 1 saturated heterocycles. The quantitative estimate of drug-likeness (QED) is 0.867. The van der Waals surface area contributed by atoms with E-state index in [-0.39, 0.29) is 24.8 Å². The van der Waals surface area contributed by atoms with Gasteiger partial charge in [-0.1, -0.05) is 6.07 Å². The van der Waals surface area contributed by atoms with Gasteiger partial charge in [-0.3, -0.25) is 9.69 Å².